The summed E-state index contributed by atoms with van der Waals surface area (Å²) in [6.45, 7) is -2.85. The lowest BCUT2D eigenvalue weighted by atomic mass is 10.1. The fraction of sp³-hybridized carbons (Fsp3) is 0.0667. The lowest BCUT2D eigenvalue weighted by Gasteiger charge is -2.04. The largest absolute Gasteiger partial charge is 0.435 e. The summed E-state index contributed by atoms with van der Waals surface area (Å²) in [5.41, 5.74) is 1.66. The number of ether oxygens (including phenoxy) is 1. The number of hydrogen-bond donors (Lipinski definition) is 0. The van der Waals surface area contributed by atoms with Crippen molar-refractivity contribution in [3.63, 3.8) is 0 Å². The van der Waals surface area contributed by atoms with E-state index >= 15 is 0 Å². The summed E-state index contributed by atoms with van der Waals surface area (Å²) in [5, 5.41) is 9.13. The second kappa shape index (κ2) is 6.43. The summed E-state index contributed by atoms with van der Waals surface area (Å²) in [7, 11) is 0. The van der Waals surface area contributed by atoms with E-state index in [4.69, 9.17) is 5.26 Å². The maximum absolute atomic E-state index is 12.0. The molecule has 3 nitrogen and oxygen atoms in total. The Balaban J connectivity index is 2.23. The minimum absolute atomic E-state index is 0.0773. The Morgan fingerprint density at radius 3 is 2.50 bits per heavy atom. The van der Waals surface area contributed by atoms with E-state index in [1.807, 2.05) is 0 Å². The smallest absolute Gasteiger partial charge is 0.387 e. The average Bonchev–Trinajstić information content (AvgIpc) is 2.47. The van der Waals surface area contributed by atoms with Gasteiger partial charge in [0, 0.05) is 6.20 Å². The third kappa shape index (κ3) is 3.62. The molecule has 0 fully saturated rings. The van der Waals surface area contributed by atoms with Crippen molar-refractivity contribution in [2.45, 2.75) is 6.61 Å². The second-order valence-electron chi connectivity index (χ2n) is 3.83. The Labute approximate surface area is 114 Å². The van der Waals surface area contributed by atoms with Crippen molar-refractivity contribution in [3.05, 3.63) is 59.9 Å². The summed E-state index contributed by atoms with van der Waals surface area (Å²) < 4.78 is 28.3. The van der Waals surface area contributed by atoms with E-state index in [0.717, 1.165) is 0 Å². The second-order valence-corrected chi connectivity index (χ2v) is 3.83. The van der Waals surface area contributed by atoms with Crippen LogP contribution < -0.4 is 4.74 Å². The van der Waals surface area contributed by atoms with Gasteiger partial charge in [-0.25, -0.2) is 0 Å². The molecule has 2 aromatic rings. The van der Waals surface area contributed by atoms with Gasteiger partial charge in [0.15, 0.2) is 0 Å². The molecule has 2 rings (SSSR count). The third-order valence-electron chi connectivity index (χ3n) is 2.48. The molecule has 0 saturated carbocycles. The van der Waals surface area contributed by atoms with Crippen molar-refractivity contribution >= 4 is 11.6 Å². The fourth-order valence-corrected chi connectivity index (χ4v) is 1.60. The zero-order valence-electron chi connectivity index (χ0n) is 10.3. The molecule has 0 saturated heterocycles. The van der Waals surface area contributed by atoms with Crippen LogP contribution in [0.2, 0.25) is 0 Å². The molecule has 20 heavy (non-hydrogen) atoms. The normalized spacial score (nSPS) is 11.2. The van der Waals surface area contributed by atoms with Crippen molar-refractivity contribution in [1.82, 2.24) is 4.98 Å². The van der Waals surface area contributed by atoms with Gasteiger partial charge in [-0.3, -0.25) is 4.98 Å². The number of alkyl halides is 2. The average molecular weight is 272 g/mol. The van der Waals surface area contributed by atoms with Gasteiger partial charge in [0.1, 0.15) is 11.8 Å². The van der Waals surface area contributed by atoms with Gasteiger partial charge in [0.25, 0.3) is 0 Å². The van der Waals surface area contributed by atoms with Gasteiger partial charge in [0.05, 0.1) is 11.3 Å². The molecule has 0 atom stereocenters. The summed E-state index contributed by atoms with van der Waals surface area (Å²) in [5.74, 6) is 0.0773. The molecule has 0 aliphatic rings. The minimum Gasteiger partial charge on any atom is -0.435 e. The number of nitrogens with zero attached hydrogens (tertiary/aromatic N) is 2. The molecule has 1 heterocycles. The topological polar surface area (TPSA) is 45.9 Å². The first-order chi connectivity index (χ1) is 9.69. The molecule has 0 bridgehead atoms. The maximum Gasteiger partial charge on any atom is 0.387 e. The van der Waals surface area contributed by atoms with Crippen LogP contribution in [0.5, 0.6) is 5.75 Å². The first-order valence-electron chi connectivity index (χ1n) is 5.77. The molecule has 0 amide bonds. The van der Waals surface area contributed by atoms with E-state index in [0.29, 0.717) is 16.8 Å². The van der Waals surface area contributed by atoms with E-state index in [-0.39, 0.29) is 5.75 Å². The number of allylic oxidation sites excluding steroid dienone is 1. The standard InChI is InChI=1S/C15H10F2N2O/c16-15(17)20-13-6-4-11(5-7-13)9-12(10-18)14-3-1-2-8-19-14/h1-9,15H. The fourth-order valence-electron chi connectivity index (χ4n) is 1.60. The molecular weight excluding hydrogens is 262 g/mol. The van der Waals surface area contributed by atoms with Crippen molar-refractivity contribution in [1.29, 1.82) is 5.26 Å². The zero-order chi connectivity index (χ0) is 14.4. The predicted octanol–water partition coefficient (Wildman–Crippen LogP) is 3.75. The van der Waals surface area contributed by atoms with Gasteiger partial charge in [0.2, 0.25) is 0 Å². The highest BCUT2D eigenvalue weighted by molar-refractivity contribution is 5.88. The van der Waals surface area contributed by atoms with Crippen LogP contribution in [0.1, 0.15) is 11.3 Å². The van der Waals surface area contributed by atoms with Crippen molar-refractivity contribution in [2.24, 2.45) is 0 Å². The molecule has 0 N–H and O–H groups in total. The summed E-state index contributed by atoms with van der Waals surface area (Å²) in [6.07, 6.45) is 3.23. The molecule has 100 valence electrons. The van der Waals surface area contributed by atoms with Gasteiger partial charge in [-0.15, -0.1) is 0 Å². The van der Waals surface area contributed by atoms with Crippen molar-refractivity contribution < 1.29 is 13.5 Å². The summed E-state index contributed by atoms with van der Waals surface area (Å²) >= 11 is 0. The number of benzene rings is 1. The lowest BCUT2D eigenvalue weighted by Crippen LogP contribution is -2.01. The van der Waals surface area contributed by atoms with E-state index in [9.17, 15) is 8.78 Å². The number of rotatable bonds is 4. The number of nitriles is 1. The lowest BCUT2D eigenvalue weighted by molar-refractivity contribution is -0.0498. The zero-order valence-corrected chi connectivity index (χ0v) is 10.3. The third-order valence-corrected chi connectivity index (χ3v) is 2.48. The molecular formula is C15H10F2N2O. The molecule has 0 radical (unpaired) electrons. The highest BCUT2D eigenvalue weighted by Crippen LogP contribution is 2.19. The van der Waals surface area contributed by atoms with Crippen LogP contribution in [-0.4, -0.2) is 11.6 Å². The van der Waals surface area contributed by atoms with Gasteiger partial charge >= 0.3 is 6.61 Å². The van der Waals surface area contributed by atoms with E-state index in [2.05, 4.69) is 15.8 Å². The molecule has 5 heteroatoms. The van der Waals surface area contributed by atoms with Crippen LogP contribution in [0, 0.1) is 11.3 Å². The molecule has 1 aromatic heterocycles. The maximum atomic E-state index is 12.0. The van der Waals surface area contributed by atoms with Crippen LogP contribution in [0.4, 0.5) is 8.78 Å². The summed E-state index contributed by atoms with van der Waals surface area (Å²) in [6, 6.07) is 13.4. The Morgan fingerprint density at radius 2 is 1.95 bits per heavy atom. The van der Waals surface area contributed by atoms with Crippen molar-refractivity contribution in [2.75, 3.05) is 0 Å². The highest BCUT2D eigenvalue weighted by Gasteiger charge is 2.04. The van der Waals surface area contributed by atoms with Gasteiger partial charge in [-0.1, -0.05) is 18.2 Å². The van der Waals surface area contributed by atoms with Gasteiger partial charge in [-0.05, 0) is 35.9 Å². The van der Waals surface area contributed by atoms with Crippen LogP contribution in [0.25, 0.3) is 11.6 Å². The summed E-state index contributed by atoms with van der Waals surface area (Å²) in [4.78, 5) is 4.09. The molecule has 1 aromatic carbocycles. The monoisotopic (exact) mass is 272 g/mol. The number of aromatic nitrogens is 1. The van der Waals surface area contributed by atoms with Crippen LogP contribution >= 0.6 is 0 Å². The van der Waals surface area contributed by atoms with Gasteiger partial charge < -0.3 is 4.74 Å². The number of hydrogen-bond acceptors (Lipinski definition) is 3. The quantitative estimate of drug-likeness (QED) is 0.796. The Hall–Kier alpha value is -2.74. The van der Waals surface area contributed by atoms with E-state index < -0.39 is 6.61 Å². The van der Waals surface area contributed by atoms with Crippen molar-refractivity contribution in [3.8, 4) is 11.8 Å². The van der Waals surface area contributed by atoms with Crippen LogP contribution in [-0.2, 0) is 0 Å². The number of halogens is 2. The molecule has 0 spiro atoms. The predicted molar refractivity (Wildman–Crippen MR) is 70.8 cm³/mol. The van der Waals surface area contributed by atoms with E-state index in [1.165, 1.54) is 12.1 Å². The Kier molecular flexibility index (Phi) is 4.40. The Bertz CT molecular complexity index is 631. The van der Waals surface area contributed by atoms with Crippen LogP contribution in [0.3, 0.4) is 0 Å². The SMILES string of the molecule is N#CC(=Cc1ccc(OC(F)F)cc1)c1ccccn1. The molecule has 0 aliphatic carbocycles. The minimum atomic E-state index is -2.85. The first-order valence-corrected chi connectivity index (χ1v) is 5.77. The Morgan fingerprint density at radius 1 is 1.20 bits per heavy atom. The molecule has 0 unspecified atom stereocenters. The highest BCUT2D eigenvalue weighted by atomic mass is 19.3. The van der Waals surface area contributed by atoms with Crippen LogP contribution in [0.15, 0.2) is 48.7 Å². The van der Waals surface area contributed by atoms with E-state index in [1.54, 1.807) is 42.6 Å². The van der Waals surface area contributed by atoms with Gasteiger partial charge in [-0.2, -0.15) is 14.0 Å². The number of pyridine rings is 1. The first kappa shape index (κ1) is 13.7. The molecule has 0 aliphatic heterocycles.